The summed E-state index contributed by atoms with van der Waals surface area (Å²) in [6, 6.07) is 8.43. The molecule has 0 radical (unpaired) electrons. The lowest BCUT2D eigenvalue weighted by Gasteiger charge is -2.14. The zero-order valence-corrected chi connectivity index (χ0v) is 10.1. The Bertz CT molecular complexity index is 516. The topological polar surface area (TPSA) is 45.1 Å². The molecule has 0 aliphatic carbocycles. The number of phenolic OH excluding ortho intramolecular Hbond substituents is 1. The summed E-state index contributed by atoms with van der Waals surface area (Å²) in [6.45, 7) is 2.58. The van der Waals surface area contributed by atoms with Gasteiger partial charge in [-0.3, -0.25) is 4.98 Å². The van der Waals surface area contributed by atoms with Crippen LogP contribution in [0, 0.1) is 5.82 Å². The maximum Gasteiger partial charge on any atom is 0.165 e. The summed E-state index contributed by atoms with van der Waals surface area (Å²) >= 11 is 0. The van der Waals surface area contributed by atoms with Crippen molar-refractivity contribution in [2.24, 2.45) is 0 Å². The highest BCUT2D eigenvalue weighted by Crippen LogP contribution is 2.17. The van der Waals surface area contributed by atoms with Gasteiger partial charge in [0, 0.05) is 25.0 Å². The molecule has 94 valence electrons. The number of pyridine rings is 1. The molecule has 2 aromatic rings. The predicted molar refractivity (Wildman–Crippen MR) is 67.6 cm³/mol. The van der Waals surface area contributed by atoms with Crippen LogP contribution < -0.4 is 5.32 Å². The molecule has 0 fully saturated rings. The highest BCUT2D eigenvalue weighted by atomic mass is 19.1. The average molecular weight is 246 g/mol. The highest BCUT2D eigenvalue weighted by Gasteiger charge is 2.05. The molecule has 18 heavy (non-hydrogen) atoms. The maximum atomic E-state index is 13.1. The average Bonchev–Trinajstić information content (AvgIpc) is 2.41. The molecular weight excluding hydrogens is 231 g/mol. The first-order chi connectivity index (χ1) is 8.66. The second kappa shape index (κ2) is 5.60. The van der Waals surface area contributed by atoms with E-state index in [2.05, 4.69) is 10.3 Å². The number of nitrogens with zero attached hydrogens (tertiary/aromatic N) is 1. The van der Waals surface area contributed by atoms with Crippen LogP contribution in [-0.4, -0.2) is 10.1 Å². The van der Waals surface area contributed by atoms with Gasteiger partial charge >= 0.3 is 0 Å². The van der Waals surface area contributed by atoms with Gasteiger partial charge in [-0.2, -0.15) is 0 Å². The predicted octanol–water partition coefficient (Wildman–Crippen LogP) is 2.78. The van der Waals surface area contributed by atoms with Crippen molar-refractivity contribution in [3.05, 3.63) is 59.7 Å². The fraction of sp³-hybridized carbons (Fsp3) is 0.214. The van der Waals surface area contributed by atoms with E-state index in [9.17, 15) is 4.39 Å². The molecule has 1 aromatic carbocycles. The zero-order chi connectivity index (χ0) is 13.0. The quantitative estimate of drug-likeness (QED) is 0.872. The number of halogens is 1. The van der Waals surface area contributed by atoms with E-state index in [-0.39, 0.29) is 11.8 Å². The van der Waals surface area contributed by atoms with Crippen LogP contribution in [0.25, 0.3) is 0 Å². The monoisotopic (exact) mass is 246 g/mol. The van der Waals surface area contributed by atoms with Gasteiger partial charge in [0.05, 0.1) is 0 Å². The molecule has 1 heterocycles. The second-order valence-electron chi connectivity index (χ2n) is 4.17. The van der Waals surface area contributed by atoms with E-state index >= 15 is 0 Å². The molecule has 1 aromatic heterocycles. The summed E-state index contributed by atoms with van der Waals surface area (Å²) in [4.78, 5) is 3.96. The Balaban J connectivity index is 1.97. The molecule has 4 heteroatoms. The molecule has 0 spiro atoms. The van der Waals surface area contributed by atoms with Crippen LogP contribution in [0.2, 0.25) is 0 Å². The van der Waals surface area contributed by atoms with Gasteiger partial charge in [-0.25, -0.2) is 4.39 Å². The number of nitrogens with one attached hydrogen (secondary N) is 1. The van der Waals surface area contributed by atoms with Gasteiger partial charge in [0.2, 0.25) is 0 Å². The molecule has 0 saturated carbocycles. The fourth-order valence-electron chi connectivity index (χ4n) is 1.70. The Labute approximate surface area is 105 Å². The van der Waals surface area contributed by atoms with Crippen LogP contribution in [0.3, 0.4) is 0 Å². The minimum Gasteiger partial charge on any atom is -0.505 e. The number of aromatic hydroxyl groups is 1. The van der Waals surface area contributed by atoms with Crippen molar-refractivity contribution < 1.29 is 9.50 Å². The Hall–Kier alpha value is -1.94. The molecule has 0 saturated heterocycles. The van der Waals surface area contributed by atoms with Crippen molar-refractivity contribution in [3.63, 3.8) is 0 Å². The Kier molecular flexibility index (Phi) is 3.89. The van der Waals surface area contributed by atoms with Crippen molar-refractivity contribution in [1.29, 1.82) is 0 Å². The molecule has 0 bridgehead atoms. The van der Waals surface area contributed by atoms with Crippen LogP contribution in [0.4, 0.5) is 4.39 Å². The standard InChI is InChI=1S/C14H15FN2O/c1-10(12-4-6-16-7-5-12)17-9-11-2-3-14(18)13(15)8-11/h2-8,10,17-18H,9H2,1H3. The van der Waals surface area contributed by atoms with Crippen molar-refractivity contribution >= 4 is 0 Å². The first kappa shape index (κ1) is 12.5. The molecule has 1 atom stereocenters. The Morgan fingerprint density at radius 2 is 2.00 bits per heavy atom. The van der Waals surface area contributed by atoms with Gasteiger partial charge in [0.15, 0.2) is 11.6 Å². The summed E-state index contributed by atoms with van der Waals surface area (Å²) in [6.07, 6.45) is 3.49. The minimum absolute atomic E-state index is 0.157. The smallest absolute Gasteiger partial charge is 0.165 e. The number of benzene rings is 1. The van der Waals surface area contributed by atoms with E-state index in [1.54, 1.807) is 18.5 Å². The van der Waals surface area contributed by atoms with Gasteiger partial charge in [-0.15, -0.1) is 0 Å². The third-order valence-corrected chi connectivity index (χ3v) is 2.83. The van der Waals surface area contributed by atoms with Crippen molar-refractivity contribution in [1.82, 2.24) is 10.3 Å². The normalized spacial score (nSPS) is 12.3. The number of aromatic nitrogens is 1. The number of hydrogen-bond donors (Lipinski definition) is 2. The van der Waals surface area contributed by atoms with Gasteiger partial charge in [0.1, 0.15) is 0 Å². The number of hydrogen-bond acceptors (Lipinski definition) is 3. The molecule has 0 amide bonds. The van der Waals surface area contributed by atoms with E-state index < -0.39 is 5.82 Å². The third-order valence-electron chi connectivity index (χ3n) is 2.83. The molecule has 1 unspecified atom stereocenters. The Morgan fingerprint density at radius 1 is 1.28 bits per heavy atom. The summed E-state index contributed by atoms with van der Waals surface area (Å²) in [5.74, 6) is -0.910. The SMILES string of the molecule is CC(NCc1ccc(O)c(F)c1)c1ccncc1. The lowest BCUT2D eigenvalue weighted by atomic mass is 10.1. The summed E-state index contributed by atoms with van der Waals surface area (Å²) in [5.41, 5.74) is 1.93. The largest absolute Gasteiger partial charge is 0.505 e. The molecule has 2 N–H and O–H groups in total. The molecule has 2 rings (SSSR count). The van der Waals surface area contributed by atoms with E-state index in [4.69, 9.17) is 5.11 Å². The van der Waals surface area contributed by atoms with Gasteiger partial charge < -0.3 is 10.4 Å². The fourth-order valence-corrected chi connectivity index (χ4v) is 1.70. The van der Waals surface area contributed by atoms with E-state index in [1.807, 2.05) is 19.1 Å². The number of rotatable bonds is 4. The van der Waals surface area contributed by atoms with Gasteiger partial charge in [0.25, 0.3) is 0 Å². The third kappa shape index (κ3) is 3.05. The van der Waals surface area contributed by atoms with Crippen molar-refractivity contribution in [2.75, 3.05) is 0 Å². The van der Waals surface area contributed by atoms with Crippen molar-refractivity contribution in [3.8, 4) is 5.75 Å². The van der Waals surface area contributed by atoms with Gasteiger partial charge in [-0.05, 0) is 42.3 Å². The van der Waals surface area contributed by atoms with Gasteiger partial charge in [-0.1, -0.05) is 6.07 Å². The Morgan fingerprint density at radius 3 is 2.67 bits per heavy atom. The van der Waals surface area contributed by atoms with Crippen LogP contribution in [0.15, 0.2) is 42.7 Å². The summed E-state index contributed by atoms with van der Waals surface area (Å²) < 4.78 is 13.1. The van der Waals surface area contributed by atoms with Crippen LogP contribution in [0.5, 0.6) is 5.75 Å². The number of phenols is 1. The first-order valence-corrected chi connectivity index (χ1v) is 5.77. The van der Waals surface area contributed by atoms with Crippen LogP contribution in [0.1, 0.15) is 24.1 Å². The zero-order valence-electron chi connectivity index (χ0n) is 10.1. The molecule has 0 aliphatic rings. The lowest BCUT2D eigenvalue weighted by Crippen LogP contribution is -2.18. The van der Waals surface area contributed by atoms with E-state index in [1.165, 1.54) is 12.1 Å². The first-order valence-electron chi connectivity index (χ1n) is 5.77. The second-order valence-corrected chi connectivity index (χ2v) is 4.17. The lowest BCUT2D eigenvalue weighted by molar-refractivity contribution is 0.431. The summed E-state index contributed by atoms with van der Waals surface area (Å²) in [5, 5.41) is 12.4. The van der Waals surface area contributed by atoms with Crippen molar-refractivity contribution in [2.45, 2.75) is 19.5 Å². The minimum atomic E-state index is -0.592. The van der Waals surface area contributed by atoms with E-state index in [0.717, 1.165) is 11.1 Å². The van der Waals surface area contributed by atoms with Crippen LogP contribution >= 0.6 is 0 Å². The van der Waals surface area contributed by atoms with E-state index in [0.29, 0.717) is 6.54 Å². The molecule has 3 nitrogen and oxygen atoms in total. The maximum absolute atomic E-state index is 13.1. The molecule has 0 aliphatic heterocycles. The summed E-state index contributed by atoms with van der Waals surface area (Å²) in [7, 11) is 0. The van der Waals surface area contributed by atoms with Crippen LogP contribution in [-0.2, 0) is 6.54 Å². The highest BCUT2D eigenvalue weighted by molar-refractivity contribution is 5.28. The molecular formula is C14H15FN2O.